The Hall–Kier alpha value is -3.51. The molecule has 0 aromatic heterocycles. The van der Waals surface area contributed by atoms with Gasteiger partial charge in [-0.3, -0.25) is 14.6 Å². The molecule has 1 amide bonds. The third-order valence-electron chi connectivity index (χ3n) is 7.25. The topological polar surface area (TPSA) is 55.8 Å². The first-order valence-corrected chi connectivity index (χ1v) is 13.1. The predicted molar refractivity (Wildman–Crippen MR) is 150 cm³/mol. The maximum absolute atomic E-state index is 13.3. The highest BCUT2D eigenvalue weighted by molar-refractivity contribution is 5.98. The zero-order chi connectivity index (χ0) is 25.5. The minimum Gasteiger partial charge on any atom is -0.390 e. The van der Waals surface area contributed by atoms with Crippen molar-refractivity contribution in [3.05, 3.63) is 120 Å². The van der Waals surface area contributed by atoms with Crippen molar-refractivity contribution in [2.75, 3.05) is 32.7 Å². The third kappa shape index (κ3) is 6.83. The predicted octanol–water partition coefficient (Wildman–Crippen LogP) is 4.36. The van der Waals surface area contributed by atoms with Crippen LogP contribution in [-0.2, 0) is 13.0 Å². The Labute approximate surface area is 219 Å². The van der Waals surface area contributed by atoms with Crippen LogP contribution in [0.2, 0.25) is 0 Å². The van der Waals surface area contributed by atoms with Gasteiger partial charge in [0, 0.05) is 44.8 Å². The van der Waals surface area contributed by atoms with E-state index in [0.717, 1.165) is 49.1 Å². The summed E-state index contributed by atoms with van der Waals surface area (Å²) >= 11 is 0. The molecule has 0 bridgehead atoms. The summed E-state index contributed by atoms with van der Waals surface area (Å²) in [5.41, 5.74) is 3.03. The molecule has 4 aromatic carbocycles. The molecule has 4 aromatic rings. The van der Waals surface area contributed by atoms with Gasteiger partial charge < -0.3 is 10.4 Å². The Morgan fingerprint density at radius 3 is 2.03 bits per heavy atom. The number of carbonyl (C=O) groups is 1. The number of piperazine rings is 1. The van der Waals surface area contributed by atoms with Crippen molar-refractivity contribution < 1.29 is 9.90 Å². The van der Waals surface area contributed by atoms with Crippen molar-refractivity contribution in [1.29, 1.82) is 0 Å². The van der Waals surface area contributed by atoms with E-state index in [-0.39, 0.29) is 11.9 Å². The lowest BCUT2D eigenvalue weighted by Gasteiger charge is -2.37. The van der Waals surface area contributed by atoms with Gasteiger partial charge in [0.25, 0.3) is 5.91 Å². The molecule has 0 saturated carbocycles. The van der Waals surface area contributed by atoms with Gasteiger partial charge in [0.15, 0.2) is 0 Å². The molecular weight excluding hydrogens is 458 g/mol. The van der Waals surface area contributed by atoms with Gasteiger partial charge >= 0.3 is 0 Å². The fourth-order valence-electron chi connectivity index (χ4n) is 5.10. The molecule has 5 nitrogen and oxygen atoms in total. The number of aliphatic hydroxyl groups excluding tert-OH is 1. The monoisotopic (exact) mass is 493 g/mol. The van der Waals surface area contributed by atoms with Gasteiger partial charge in [-0.1, -0.05) is 91.0 Å². The van der Waals surface area contributed by atoms with Crippen LogP contribution >= 0.6 is 0 Å². The van der Waals surface area contributed by atoms with Gasteiger partial charge in [-0.2, -0.15) is 0 Å². The number of β-amino-alcohol motifs (C(OH)–C–C–N with tert-alkyl or cyclic N) is 1. The number of rotatable bonds is 9. The minimum atomic E-state index is -0.676. The van der Waals surface area contributed by atoms with Crippen LogP contribution in [0.25, 0.3) is 10.8 Å². The normalized spacial score (nSPS) is 16.4. The molecule has 2 atom stereocenters. The Kier molecular flexibility index (Phi) is 8.26. The smallest absolute Gasteiger partial charge is 0.251 e. The summed E-state index contributed by atoms with van der Waals surface area (Å²) in [7, 11) is 0. The summed E-state index contributed by atoms with van der Waals surface area (Å²) in [4.78, 5) is 18.0. The Morgan fingerprint density at radius 2 is 1.32 bits per heavy atom. The molecule has 1 heterocycles. The maximum atomic E-state index is 13.3. The molecule has 2 N–H and O–H groups in total. The van der Waals surface area contributed by atoms with E-state index in [1.165, 1.54) is 5.56 Å². The summed E-state index contributed by atoms with van der Waals surface area (Å²) < 4.78 is 0. The van der Waals surface area contributed by atoms with Gasteiger partial charge in [-0.05, 0) is 40.5 Å². The quantitative estimate of drug-likeness (QED) is 0.364. The SMILES string of the molecule is O=C(N[C@@H](Cc1ccccc1)[C@@H](O)CN1CCN(Cc2ccccc2)CC1)c1ccc2ccccc2c1. The largest absolute Gasteiger partial charge is 0.390 e. The zero-order valence-corrected chi connectivity index (χ0v) is 21.2. The summed E-state index contributed by atoms with van der Waals surface area (Å²) in [6.45, 7) is 5.23. The molecular formula is C32H35N3O2. The van der Waals surface area contributed by atoms with E-state index < -0.39 is 6.10 Å². The first-order chi connectivity index (χ1) is 18.1. The van der Waals surface area contributed by atoms with E-state index in [2.05, 4.69) is 39.4 Å². The number of fused-ring (bicyclic) bond motifs is 1. The number of nitrogens with zero attached hydrogens (tertiary/aromatic N) is 2. The number of aliphatic hydroxyl groups is 1. The molecule has 0 unspecified atom stereocenters. The van der Waals surface area contributed by atoms with Crippen LogP contribution in [-0.4, -0.2) is 65.7 Å². The second kappa shape index (κ2) is 12.2. The molecule has 37 heavy (non-hydrogen) atoms. The van der Waals surface area contributed by atoms with Gasteiger partial charge in [0.05, 0.1) is 12.1 Å². The number of hydrogen-bond acceptors (Lipinski definition) is 4. The fourth-order valence-corrected chi connectivity index (χ4v) is 5.10. The lowest BCUT2D eigenvalue weighted by Crippen LogP contribution is -2.53. The first-order valence-electron chi connectivity index (χ1n) is 13.1. The van der Waals surface area contributed by atoms with Crippen LogP contribution in [0, 0.1) is 0 Å². The van der Waals surface area contributed by atoms with Crippen LogP contribution < -0.4 is 5.32 Å². The van der Waals surface area contributed by atoms with Crippen molar-refractivity contribution in [1.82, 2.24) is 15.1 Å². The molecule has 1 aliphatic rings. The van der Waals surface area contributed by atoms with E-state index in [9.17, 15) is 9.90 Å². The van der Waals surface area contributed by atoms with Crippen LogP contribution in [0.15, 0.2) is 103 Å². The van der Waals surface area contributed by atoms with Crippen molar-refractivity contribution in [3.8, 4) is 0 Å². The molecule has 0 aliphatic carbocycles. The van der Waals surface area contributed by atoms with E-state index in [0.29, 0.717) is 18.5 Å². The Bertz CT molecular complexity index is 1290. The summed E-state index contributed by atoms with van der Waals surface area (Å²) in [5.74, 6) is -0.154. The molecule has 1 fully saturated rings. The van der Waals surface area contributed by atoms with Crippen molar-refractivity contribution in [2.24, 2.45) is 0 Å². The van der Waals surface area contributed by atoms with E-state index in [4.69, 9.17) is 0 Å². The van der Waals surface area contributed by atoms with Crippen molar-refractivity contribution in [2.45, 2.75) is 25.1 Å². The first kappa shape index (κ1) is 25.2. The molecule has 190 valence electrons. The van der Waals surface area contributed by atoms with E-state index in [1.54, 1.807) is 0 Å². The molecule has 1 saturated heterocycles. The van der Waals surface area contributed by atoms with E-state index >= 15 is 0 Å². The maximum Gasteiger partial charge on any atom is 0.251 e. The second-order valence-electron chi connectivity index (χ2n) is 9.96. The van der Waals surface area contributed by atoms with Crippen LogP contribution in [0.3, 0.4) is 0 Å². The third-order valence-corrected chi connectivity index (χ3v) is 7.25. The summed E-state index contributed by atoms with van der Waals surface area (Å²) in [6.07, 6.45) is -0.0970. The average molecular weight is 494 g/mol. The van der Waals surface area contributed by atoms with Crippen LogP contribution in [0.5, 0.6) is 0 Å². The number of amides is 1. The standard InChI is InChI=1S/C32H35N3O2/c36-31(24-35-19-17-34(18-20-35)23-26-11-5-2-6-12-26)30(21-25-9-3-1-4-10-25)33-32(37)29-16-15-27-13-7-8-14-28(27)22-29/h1-16,22,30-31,36H,17-21,23-24H2,(H,33,37)/t30-,31-/m0/s1. The number of nitrogens with one attached hydrogen (secondary N) is 1. The summed E-state index contributed by atoms with van der Waals surface area (Å²) in [5, 5.41) is 16.6. The van der Waals surface area contributed by atoms with Gasteiger partial charge in [-0.15, -0.1) is 0 Å². The average Bonchev–Trinajstić information content (AvgIpc) is 2.94. The minimum absolute atomic E-state index is 0.154. The lowest BCUT2D eigenvalue weighted by molar-refractivity contribution is 0.0478. The van der Waals surface area contributed by atoms with Gasteiger partial charge in [-0.25, -0.2) is 0 Å². The molecule has 5 heteroatoms. The van der Waals surface area contributed by atoms with Gasteiger partial charge in [0.1, 0.15) is 0 Å². The highest BCUT2D eigenvalue weighted by atomic mass is 16.3. The van der Waals surface area contributed by atoms with E-state index in [1.807, 2.05) is 78.9 Å². The Balaban J connectivity index is 1.22. The van der Waals surface area contributed by atoms with Crippen LogP contribution in [0.4, 0.5) is 0 Å². The lowest BCUT2D eigenvalue weighted by atomic mass is 9.99. The highest BCUT2D eigenvalue weighted by Crippen LogP contribution is 2.17. The van der Waals surface area contributed by atoms with Crippen molar-refractivity contribution >= 4 is 16.7 Å². The Morgan fingerprint density at radius 1 is 0.730 bits per heavy atom. The number of carbonyl (C=O) groups excluding carboxylic acids is 1. The molecule has 5 rings (SSSR count). The highest BCUT2D eigenvalue weighted by Gasteiger charge is 2.26. The number of hydrogen-bond donors (Lipinski definition) is 2. The second-order valence-corrected chi connectivity index (χ2v) is 9.96. The number of benzene rings is 4. The summed E-state index contributed by atoms with van der Waals surface area (Å²) in [6, 6.07) is 34.0. The molecule has 0 spiro atoms. The van der Waals surface area contributed by atoms with Crippen LogP contribution in [0.1, 0.15) is 21.5 Å². The zero-order valence-electron chi connectivity index (χ0n) is 21.2. The van der Waals surface area contributed by atoms with Crippen molar-refractivity contribution in [3.63, 3.8) is 0 Å². The van der Waals surface area contributed by atoms with Gasteiger partial charge in [0.2, 0.25) is 0 Å². The fraction of sp³-hybridized carbons (Fsp3) is 0.281. The molecule has 1 aliphatic heterocycles. The molecule has 0 radical (unpaired) electrons.